The molecule has 0 aromatic heterocycles. The predicted octanol–water partition coefficient (Wildman–Crippen LogP) is 1.39. The van der Waals surface area contributed by atoms with E-state index in [2.05, 4.69) is 0 Å². The van der Waals surface area contributed by atoms with Crippen molar-refractivity contribution in [1.82, 2.24) is 5.01 Å². The second kappa shape index (κ2) is 5.81. The molecule has 1 aromatic carbocycles. The Labute approximate surface area is 113 Å². The van der Waals surface area contributed by atoms with Crippen LogP contribution in [0.1, 0.15) is 0 Å². The van der Waals surface area contributed by atoms with Gasteiger partial charge in [-0.1, -0.05) is 23.2 Å². The second-order valence-corrected chi connectivity index (χ2v) is 4.12. The molecule has 0 amide bonds. The highest BCUT2D eigenvalue weighted by Gasteiger charge is 2.17. The van der Waals surface area contributed by atoms with Crippen LogP contribution in [0.15, 0.2) is 29.8 Å². The van der Waals surface area contributed by atoms with Gasteiger partial charge >= 0.3 is 5.97 Å². The van der Waals surface area contributed by atoms with Crippen LogP contribution in [0.4, 0.5) is 0 Å². The highest BCUT2D eigenvalue weighted by atomic mass is 35.5. The number of carbonyl (C=O) groups is 1. The van der Waals surface area contributed by atoms with Crippen LogP contribution >= 0.6 is 23.2 Å². The van der Waals surface area contributed by atoms with Gasteiger partial charge in [-0.2, -0.15) is 0 Å². The lowest BCUT2D eigenvalue weighted by Gasteiger charge is -2.15. The quantitative estimate of drug-likeness (QED) is 0.335. The van der Waals surface area contributed by atoms with E-state index in [4.69, 9.17) is 44.6 Å². The number of hydrogen-bond donors (Lipinski definition) is 3. The van der Waals surface area contributed by atoms with Gasteiger partial charge < -0.3 is 20.6 Å². The molecule has 0 saturated heterocycles. The Morgan fingerprint density at radius 1 is 1.39 bits per heavy atom. The third-order valence-corrected chi connectivity index (χ3v) is 2.65. The Balaban J connectivity index is 3.04. The maximum absolute atomic E-state index is 10.9. The molecule has 0 aliphatic rings. The number of benzene rings is 1. The normalized spacial score (nSPS) is 11.8. The second-order valence-electron chi connectivity index (χ2n) is 3.31. The van der Waals surface area contributed by atoms with Gasteiger partial charge in [0.05, 0.1) is 10.0 Å². The van der Waals surface area contributed by atoms with E-state index >= 15 is 0 Å². The molecule has 5 N–H and O–H groups in total. The number of likely N-dealkylation sites (N-methyl/N-ethyl adjacent to an activating group) is 1. The van der Waals surface area contributed by atoms with E-state index in [1.54, 1.807) is 0 Å². The molecular formula is C10H11Cl2N3O3. The Kier molecular flexibility index (Phi) is 4.66. The molecule has 0 spiro atoms. The third-order valence-electron chi connectivity index (χ3n) is 1.91. The topological polar surface area (TPSA) is 102 Å². The maximum Gasteiger partial charge on any atom is 0.359 e. The molecule has 0 fully saturated rings. The van der Waals surface area contributed by atoms with Crippen LogP contribution in [0.25, 0.3) is 0 Å². The first-order valence-corrected chi connectivity index (χ1v) is 5.43. The lowest BCUT2D eigenvalue weighted by Crippen LogP contribution is -2.33. The van der Waals surface area contributed by atoms with E-state index in [1.807, 2.05) is 0 Å². The zero-order chi connectivity index (χ0) is 13.9. The van der Waals surface area contributed by atoms with Crippen molar-refractivity contribution in [3.63, 3.8) is 0 Å². The van der Waals surface area contributed by atoms with Crippen molar-refractivity contribution in [1.29, 1.82) is 0 Å². The smallest absolute Gasteiger partial charge is 0.359 e. The van der Waals surface area contributed by atoms with Crippen molar-refractivity contribution < 1.29 is 14.6 Å². The minimum Gasteiger partial charge on any atom is -0.476 e. The average Bonchev–Trinajstić information content (AvgIpc) is 2.22. The standard InChI is InChI=1S/C10H11Cl2N3O3/c1-15(14)8(10(16)17)9(13)18-5-2-3-6(11)7(12)4-5/h2-4H,13-14H2,1H3,(H,16,17)/b9-8+. The Bertz CT molecular complexity index is 503. The largest absolute Gasteiger partial charge is 0.476 e. The average molecular weight is 292 g/mol. The summed E-state index contributed by atoms with van der Waals surface area (Å²) in [6, 6.07) is 4.41. The van der Waals surface area contributed by atoms with Crippen LogP contribution in [0.2, 0.25) is 10.0 Å². The Morgan fingerprint density at radius 2 is 2.00 bits per heavy atom. The van der Waals surface area contributed by atoms with E-state index < -0.39 is 5.97 Å². The fourth-order valence-corrected chi connectivity index (χ4v) is 1.43. The van der Waals surface area contributed by atoms with Crippen molar-refractivity contribution >= 4 is 29.2 Å². The molecular weight excluding hydrogens is 281 g/mol. The van der Waals surface area contributed by atoms with Gasteiger partial charge in [0, 0.05) is 13.1 Å². The van der Waals surface area contributed by atoms with Gasteiger partial charge in [0.25, 0.3) is 0 Å². The fraction of sp³-hybridized carbons (Fsp3) is 0.100. The molecule has 1 rings (SSSR count). The van der Waals surface area contributed by atoms with Crippen molar-refractivity contribution in [2.45, 2.75) is 0 Å². The van der Waals surface area contributed by atoms with E-state index in [-0.39, 0.29) is 22.4 Å². The lowest BCUT2D eigenvalue weighted by atomic mass is 10.3. The zero-order valence-electron chi connectivity index (χ0n) is 9.35. The molecule has 98 valence electrons. The number of hydrogen-bond acceptors (Lipinski definition) is 5. The molecule has 0 aliphatic carbocycles. The van der Waals surface area contributed by atoms with Crippen LogP contribution in [-0.4, -0.2) is 23.1 Å². The van der Waals surface area contributed by atoms with Crippen LogP contribution < -0.4 is 16.3 Å². The number of ether oxygens (including phenoxy) is 1. The number of carboxylic acid groups (broad SMARTS) is 1. The van der Waals surface area contributed by atoms with Gasteiger partial charge in [-0.3, -0.25) is 0 Å². The minimum atomic E-state index is -1.31. The summed E-state index contributed by atoms with van der Waals surface area (Å²) in [5.41, 5.74) is 5.14. The molecule has 6 nitrogen and oxygen atoms in total. The Hall–Kier alpha value is -1.63. The number of halogens is 2. The van der Waals surface area contributed by atoms with Crippen molar-refractivity contribution in [3.05, 3.63) is 39.8 Å². The summed E-state index contributed by atoms with van der Waals surface area (Å²) in [5, 5.41) is 10.4. The first-order valence-electron chi connectivity index (χ1n) is 4.67. The predicted molar refractivity (Wildman–Crippen MR) is 67.9 cm³/mol. The van der Waals surface area contributed by atoms with Gasteiger partial charge in [-0.25, -0.2) is 10.6 Å². The minimum absolute atomic E-state index is 0.252. The monoisotopic (exact) mass is 291 g/mol. The number of carboxylic acids is 1. The fourth-order valence-electron chi connectivity index (χ4n) is 1.15. The van der Waals surface area contributed by atoms with Crippen molar-refractivity contribution in [2.75, 3.05) is 7.05 Å². The van der Waals surface area contributed by atoms with Gasteiger partial charge in [-0.15, -0.1) is 0 Å². The van der Waals surface area contributed by atoms with Crippen LogP contribution in [0.3, 0.4) is 0 Å². The molecule has 8 heteroatoms. The molecule has 0 radical (unpaired) electrons. The van der Waals surface area contributed by atoms with Crippen LogP contribution in [-0.2, 0) is 4.79 Å². The Morgan fingerprint density at radius 3 is 2.44 bits per heavy atom. The number of nitrogens with zero attached hydrogens (tertiary/aromatic N) is 1. The summed E-state index contributed by atoms with van der Waals surface area (Å²) in [6.07, 6.45) is 0. The molecule has 18 heavy (non-hydrogen) atoms. The molecule has 1 aromatic rings. The summed E-state index contributed by atoms with van der Waals surface area (Å²) in [5.74, 6) is 3.92. The van der Waals surface area contributed by atoms with Crippen LogP contribution in [0.5, 0.6) is 5.75 Å². The summed E-state index contributed by atoms with van der Waals surface area (Å²) in [7, 11) is 1.33. The number of rotatable bonds is 4. The maximum atomic E-state index is 10.9. The van der Waals surface area contributed by atoms with Gasteiger partial charge in [0.1, 0.15) is 5.75 Å². The first-order chi connectivity index (χ1) is 8.32. The van der Waals surface area contributed by atoms with Crippen molar-refractivity contribution in [3.8, 4) is 5.75 Å². The van der Waals surface area contributed by atoms with Crippen LogP contribution in [0, 0.1) is 0 Å². The highest BCUT2D eigenvalue weighted by Crippen LogP contribution is 2.27. The van der Waals surface area contributed by atoms with Crippen molar-refractivity contribution in [2.24, 2.45) is 11.6 Å². The number of hydrazine groups is 1. The van der Waals surface area contributed by atoms with E-state index in [0.29, 0.717) is 5.02 Å². The molecule has 0 atom stereocenters. The molecule has 0 aliphatic heterocycles. The molecule has 0 bridgehead atoms. The van der Waals surface area contributed by atoms with Gasteiger partial charge in [0.15, 0.2) is 5.70 Å². The molecule has 0 saturated carbocycles. The first kappa shape index (κ1) is 14.4. The molecule has 0 heterocycles. The van der Waals surface area contributed by atoms with E-state index in [1.165, 1.54) is 25.2 Å². The van der Waals surface area contributed by atoms with Gasteiger partial charge in [0.2, 0.25) is 5.88 Å². The zero-order valence-corrected chi connectivity index (χ0v) is 10.9. The summed E-state index contributed by atoms with van der Waals surface area (Å²) >= 11 is 11.5. The highest BCUT2D eigenvalue weighted by molar-refractivity contribution is 6.42. The third kappa shape index (κ3) is 3.43. The van der Waals surface area contributed by atoms with E-state index in [9.17, 15) is 4.79 Å². The number of aliphatic carboxylic acids is 1. The summed E-state index contributed by atoms with van der Waals surface area (Å²) < 4.78 is 5.15. The number of nitrogens with two attached hydrogens (primary N) is 2. The SMILES string of the molecule is CN(N)/C(C(=O)O)=C(\N)Oc1ccc(Cl)c(Cl)c1. The molecule has 0 unspecified atom stereocenters. The van der Waals surface area contributed by atoms with E-state index in [0.717, 1.165) is 5.01 Å². The lowest BCUT2D eigenvalue weighted by molar-refractivity contribution is -0.134. The summed E-state index contributed by atoms with van der Waals surface area (Å²) in [6.45, 7) is 0. The van der Waals surface area contributed by atoms with Gasteiger partial charge in [-0.05, 0) is 12.1 Å². The summed E-state index contributed by atoms with van der Waals surface area (Å²) in [4.78, 5) is 10.9.